The Morgan fingerprint density at radius 3 is 2.33 bits per heavy atom. The zero-order valence-corrected chi connectivity index (χ0v) is 24.5. The minimum atomic E-state index is -0.946. The van der Waals surface area contributed by atoms with Gasteiger partial charge in [0.2, 0.25) is 5.91 Å². The second kappa shape index (κ2) is 14.6. The van der Waals surface area contributed by atoms with Crippen LogP contribution in [-0.2, 0) is 16.2 Å². The molecular formula is C29H31BrClN3O5. The molecule has 1 unspecified atom stereocenters. The molecule has 0 radical (unpaired) electrons. The number of halogens is 2. The molecule has 2 N–H and O–H groups in total. The molecule has 3 aromatic carbocycles. The molecule has 3 rings (SSSR count). The Morgan fingerprint density at radius 2 is 1.72 bits per heavy atom. The molecule has 0 aliphatic carbocycles. The third kappa shape index (κ3) is 8.73. The molecule has 0 saturated heterocycles. The Labute approximate surface area is 241 Å². The van der Waals surface area contributed by atoms with E-state index in [1.807, 2.05) is 19.1 Å². The van der Waals surface area contributed by atoms with Crippen LogP contribution in [0.5, 0.6) is 17.2 Å². The molecule has 2 amide bonds. The van der Waals surface area contributed by atoms with Gasteiger partial charge in [-0.05, 0) is 88.4 Å². The molecule has 0 spiro atoms. The van der Waals surface area contributed by atoms with Crippen LogP contribution < -0.4 is 25.0 Å². The highest BCUT2D eigenvalue weighted by Gasteiger charge is 2.30. The summed E-state index contributed by atoms with van der Waals surface area (Å²) in [5.74, 6) is -0.407. The van der Waals surface area contributed by atoms with Crippen molar-refractivity contribution in [2.45, 2.75) is 27.4 Å². The maximum Gasteiger partial charge on any atom is 0.252 e. The third-order valence-electron chi connectivity index (χ3n) is 5.61. The van der Waals surface area contributed by atoms with Crippen LogP contribution in [0.1, 0.15) is 31.9 Å². The topological polar surface area (TPSA) is 98.2 Å². The van der Waals surface area contributed by atoms with Crippen LogP contribution in [-0.4, -0.2) is 31.7 Å². The van der Waals surface area contributed by atoms with Gasteiger partial charge in [-0.25, -0.2) is 5.43 Å². The fourth-order valence-corrected chi connectivity index (χ4v) is 4.36. The summed E-state index contributed by atoms with van der Waals surface area (Å²) in [4.78, 5) is 25.7. The highest BCUT2D eigenvalue weighted by Crippen LogP contribution is 2.37. The van der Waals surface area contributed by atoms with Crippen molar-refractivity contribution in [1.29, 1.82) is 0 Å². The predicted molar refractivity (Wildman–Crippen MR) is 157 cm³/mol. The number of nitrogens with zero attached hydrogens (tertiary/aromatic N) is 1. The normalized spacial score (nSPS) is 11.8. The third-order valence-corrected chi connectivity index (χ3v) is 6.45. The Bertz CT molecular complexity index is 1300. The van der Waals surface area contributed by atoms with Gasteiger partial charge in [-0.3, -0.25) is 9.59 Å². The molecule has 0 heterocycles. The number of amides is 2. The van der Waals surface area contributed by atoms with Crippen molar-refractivity contribution in [2.24, 2.45) is 16.9 Å². The van der Waals surface area contributed by atoms with Crippen molar-refractivity contribution in [3.63, 3.8) is 0 Å². The molecule has 206 valence electrons. The van der Waals surface area contributed by atoms with Crippen molar-refractivity contribution in [3.8, 4) is 17.2 Å². The number of methoxy groups -OCH3 is 1. The summed E-state index contributed by atoms with van der Waals surface area (Å²) >= 11 is 9.50. The van der Waals surface area contributed by atoms with Crippen molar-refractivity contribution in [1.82, 2.24) is 5.43 Å². The largest absolute Gasteiger partial charge is 0.497 e. The monoisotopic (exact) mass is 615 g/mol. The summed E-state index contributed by atoms with van der Waals surface area (Å²) in [6.07, 6.45) is 1.48. The van der Waals surface area contributed by atoms with E-state index < -0.39 is 17.7 Å². The molecule has 3 aromatic rings. The van der Waals surface area contributed by atoms with Crippen molar-refractivity contribution >= 4 is 51.2 Å². The molecule has 39 heavy (non-hydrogen) atoms. The Kier molecular flexibility index (Phi) is 11.2. The first-order chi connectivity index (χ1) is 18.7. The van der Waals surface area contributed by atoms with E-state index in [1.165, 1.54) is 6.21 Å². The average Bonchev–Trinajstić information content (AvgIpc) is 2.89. The van der Waals surface area contributed by atoms with E-state index in [9.17, 15) is 9.59 Å². The summed E-state index contributed by atoms with van der Waals surface area (Å²) in [5, 5.41) is 7.51. The van der Waals surface area contributed by atoms with Gasteiger partial charge < -0.3 is 19.5 Å². The number of carbonyl (C=O) groups excluding carboxylic acids is 2. The fourth-order valence-electron chi connectivity index (χ4n) is 3.66. The Morgan fingerprint density at radius 1 is 1.03 bits per heavy atom. The van der Waals surface area contributed by atoms with Crippen LogP contribution in [0.15, 0.2) is 70.2 Å². The molecule has 0 bridgehead atoms. The maximum atomic E-state index is 12.9. The fraction of sp³-hybridized carbons (Fsp3) is 0.276. The minimum absolute atomic E-state index is 0.255. The maximum absolute atomic E-state index is 12.9. The lowest BCUT2D eigenvalue weighted by Gasteiger charge is -2.18. The second-order valence-electron chi connectivity index (χ2n) is 8.85. The van der Waals surface area contributed by atoms with E-state index in [4.69, 9.17) is 25.8 Å². The van der Waals surface area contributed by atoms with E-state index in [2.05, 4.69) is 31.8 Å². The van der Waals surface area contributed by atoms with Gasteiger partial charge in [0.15, 0.2) is 11.5 Å². The number of hydrazone groups is 1. The van der Waals surface area contributed by atoms with Crippen LogP contribution in [0, 0.1) is 11.8 Å². The first kappa shape index (κ1) is 30.0. The van der Waals surface area contributed by atoms with Gasteiger partial charge in [-0.2, -0.15) is 5.10 Å². The lowest BCUT2D eigenvalue weighted by atomic mass is 9.94. The van der Waals surface area contributed by atoms with Gasteiger partial charge in [0.1, 0.15) is 18.3 Å². The van der Waals surface area contributed by atoms with Gasteiger partial charge in [0.05, 0.1) is 24.4 Å². The summed E-state index contributed by atoms with van der Waals surface area (Å²) < 4.78 is 17.6. The van der Waals surface area contributed by atoms with Gasteiger partial charge in [-0.15, -0.1) is 0 Å². The predicted octanol–water partition coefficient (Wildman–Crippen LogP) is 6.45. The number of rotatable bonds is 12. The van der Waals surface area contributed by atoms with Gasteiger partial charge in [0, 0.05) is 10.7 Å². The first-order valence-electron chi connectivity index (χ1n) is 12.3. The summed E-state index contributed by atoms with van der Waals surface area (Å²) in [6, 6.07) is 17.8. The lowest BCUT2D eigenvalue weighted by Crippen LogP contribution is -2.39. The number of anilines is 1. The molecule has 0 aliphatic heterocycles. The number of ether oxygens (including phenoxy) is 3. The number of hydrogen-bond acceptors (Lipinski definition) is 6. The average molecular weight is 617 g/mol. The minimum Gasteiger partial charge on any atom is -0.497 e. The summed E-state index contributed by atoms with van der Waals surface area (Å²) in [5.41, 5.74) is 4.67. The molecule has 8 nitrogen and oxygen atoms in total. The molecular weight excluding hydrogens is 586 g/mol. The molecule has 0 aliphatic rings. The molecule has 0 aromatic heterocycles. The van der Waals surface area contributed by atoms with Crippen LogP contribution in [0.3, 0.4) is 0 Å². The zero-order chi connectivity index (χ0) is 28.4. The number of hydrogen-bond donors (Lipinski definition) is 2. The number of nitrogens with one attached hydrogen (secondary N) is 2. The number of benzene rings is 3. The lowest BCUT2D eigenvalue weighted by molar-refractivity contribution is -0.134. The van der Waals surface area contributed by atoms with Crippen LogP contribution >= 0.6 is 27.5 Å². The quantitative estimate of drug-likeness (QED) is 0.138. The molecule has 0 saturated carbocycles. The Balaban J connectivity index is 1.67. The van der Waals surface area contributed by atoms with Crippen LogP contribution in [0.4, 0.5) is 5.69 Å². The van der Waals surface area contributed by atoms with E-state index in [0.717, 1.165) is 5.56 Å². The number of carbonyl (C=O) groups is 2. The van der Waals surface area contributed by atoms with Crippen molar-refractivity contribution in [3.05, 3.63) is 81.3 Å². The van der Waals surface area contributed by atoms with Gasteiger partial charge in [-0.1, -0.05) is 37.6 Å². The van der Waals surface area contributed by atoms with E-state index in [-0.39, 0.29) is 5.92 Å². The van der Waals surface area contributed by atoms with Crippen molar-refractivity contribution in [2.75, 3.05) is 19.0 Å². The highest BCUT2D eigenvalue weighted by molar-refractivity contribution is 9.10. The summed E-state index contributed by atoms with van der Waals surface area (Å²) in [7, 11) is 1.56. The highest BCUT2D eigenvalue weighted by atomic mass is 79.9. The zero-order valence-electron chi connectivity index (χ0n) is 22.2. The second-order valence-corrected chi connectivity index (χ2v) is 10.1. The summed E-state index contributed by atoms with van der Waals surface area (Å²) in [6.45, 7) is 6.24. The Hall–Kier alpha value is -3.56. The van der Waals surface area contributed by atoms with Gasteiger partial charge >= 0.3 is 0 Å². The standard InChI is InChI=1S/C29H31BrClN3O5/c1-5-38-25-15-20(14-24(30)27(25)39-17-19-6-8-21(31)9-7-19)16-32-34-29(36)26(18(2)3)28(35)33-22-10-12-23(37-4)13-11-22/h6-16,18,26H,5,17H2,1-4H3,(H,33,35)(H,34,36). The smallest absolute Gasteiger partial charge is 0.252 e. The molecule has 10 heteroatoms. The van der Waals surface area contributed by atoms with E-state index in [1.54, 1.807) is 69.5 Å². The van der Waals surface area contributed by atoms with Crippen LogP contribution in [0.2, 0.25) is 5.02 Å². The molecule has 0 fully saturated rings. The van der Waals surface area contributed by atoms with Crippen molar-refractivity contribution < 1.29 is 23.8 Å². The van der Waals surface area contributed by atoms with Crippen LogP contribution in [0.25, 0.3) is 0 Å². The van der Waals surface area contributed by atoms with Gasteiger partial charge in [0.25, 0.3) is 5.91 Å². The first-order valence-corrected chi connectivity index (χ1v) is 13.5. The SMILES string of the molecule is CCOc1cc(C=NNC(=O)C(C(=O)Nc2ccc(OC)cc2)C(C)C)cc(Br)c1OCc1ccc(Cl)cc1. The van der Waals surface area contributed by atoms with E-state index >= 15 is 0 Å². The molecule has 1 atom stereocenters. The van der Waals surface area contributed by atoms with E-state index in [0.29, 0.717) is 51.2 Å².